The third kappa shape index (κ3) is 5.55. The molecule has 0 radical (unpaired) electrons. The largest absolute Gasteiger partial charge is 0.467 e. The number of hydrogen-bond donors (Lipinski definition) is 1. The lowest BCUT2D eigenvalue weighted by Crippen LogP contribution is -2.42. The molecule has 0 spiro atoms. The molecule has 1 N–H and O–H groups in total. The fourth-order valence-electron chi connectivity index (χ4n) is 6.91. The molecule has 3 heterocycles. The van der Waals surface area contributed by atoms with E-state index in [1.54, 1.807) is 11.0 Å². The highest BCUT2D eigenvalue weighted by atomic mass is 19.1. The van der Waals surface area contributed by atoms with E-state index in [9.17, 15) is 9.18 Å². The molecule has 3 aromatic rings. The lowest BCUT2D eigenvalue weighted by molar-refractivity contribution is 0.0491. The number of carbonyl (C=O) groups is 1. The van der Waals surface area contributed by atoms with Crippen molar-refractivity contribution in [1.29, 1.82) is 0 Å². The molecule has 232 valence electrons. The zero-order chi connectivity index (χ0) is 31.1. The molecule has 0 saturated carbocycles. The first-order chi connectivity index (χ1) is 21.9. The van der Waals surface area contributed by atoms with Gasteiger partial charge in [0.15, 0.2) is 6.79 Å². The molecule has 3 aromatic carbocycles. The fraction of sp³-hybridized carbons (Fsp3) is 0.333. The maximum Gasteiger partial charge on any atom is 0.258 e. The van der Waals surface area contributed by atoms with Crippen LogP contribution in [0.1, 0.15) is 51.8 Å². The minimum absolute atomic E-state index is 0.0310. The van der Waals surface area contributed by atoms with Crippen LogP contribution < -0.4 is 10.1 Å². The van der Waals surface area contributed by atoms with Gasteiger partial charge in [-0.25, -0.2) is 8.78 Å². The molecule has 3 aliphatic heterocycles. The number of carbonyl (C=O) groups excluding carboxylic acids is 1. The molecule has 3 unspecified atom stereocenters. The first-order valence-corrected chi connectivity index (χ1v) is 15.4. The summed E-state index contributed by atoms with van der Waals surface area (Å²) >= 11 is 0. The highest BCUT2D eigenvalue weighted by Gasteiger charge is 2.42. The second-order valence-corrected chi connectivity index (χ2v) is 12.2. The Kier molecular flexibility index (Phi) is 7.97. The highest BCUT2D eigenvalue weighted by molar-refractivity contribution is 6.04. The molecule has 1 fully saturated rings. The molecule has 1 amide bonds. The first kappa shape index (κ1) is 29.4. The Morgan fingerprint density at radius 2 is 1.80 bits per heavy atom. The zero-order valence-corrected chi connectivity index (χ0v) is 25.4. The number of amidine groups is 1. The van der Waals surface area contributed by atoms with Gasteiger partial charge in [0.25, 0.3) is 5.91 Å². The van der Waals surface area contributed by atoms with Crippen LogP contribution in [-0.4, -0.2) is 67.7 Å². The molecule has 7 nitrogen and oxygen atoms in total. The van der Waals surface area contributed by atoms with Gasteiger partial charge in [-0.2, -0.15) is 0 Å². The van der Waals surface area contributed by atoms with Crippen LogP contribution >= 0.6 is 0 Å². The Hall–Kier alpha value is -4.34. The lowest BCUT2D eigenvalue weighted by Gasteiger charge is -2.30. The molecule has 4 aliphatic rings. The number of rotatable bonds is 8. The smallest absolute Gasteiger partial charge is 0.258 e. The minimum Gasteiger partial charge on any atom is -0.467 e. The van der Waals surface area contributed by atoms with E-state index < -0.39 is 23.6 Å². The Morgan fingerprint density at radius 1 is 1.02 bits per heavy atom. The number of benzene rings is 3. The van der Waals surface area contributed by atoms with Crippen molar-refractivity contribution in [2.24, 2.45) is 4.99 Å². The predicted octanol–water partition coefficient (Wildman–Crippen LogP) is 5.99. The molecule has 45 heavy (non-hydrogen) atoms. The molecule has 1 aliphatic carbocycles. The fourth-order valence-corrected chi connectivity index (χ4v) is 6.91. The molecule has 7 rings (SSSR count). The van der Waals surface area contributed by atoms with Gasteiger partial charge in [0.1, 0.15) is 29.3 Å². The van der Waals surface area contributed by atoms with Gasteiger partial charge in [-0.15, -0.1) is 0 Å². The molecule has 9 heteroatoms. The number of fused-ring (bicyclic) bond motifs is 2. The summed E-state index contributed by atoms with van der Waals surface area (Å²) in [7, 11) is 3.64. The van der Waals surface area contributed by atoms with E-state index in [4.69, 9.17) is 14.5 Å². The van der Waals surface area contributed by atoms with Crippen molar-refractivity contribution in [3.8, 4) is 16.9 Å². The lowest BCUT2D eigenvalue weighted by atomic mass is 9.88. The monoisotopic (exact) mass is 610 g/mol. The quantitative estimate of drug-likeness (QED) is 0.318. The molecular weight excluding hydrogens is 574 g/mol. The summed E-state index contributed by atoms with van der Waals surface area (Å²) in [5, 5.41) is 3.42. The number of likely N-dealkylation sites (tertiary alicyclic amines) is 1. The molecule has 1 saturated heterocycles. The van der Waals surface area contributed by atoms with Crippen molar-refractivity contribution in [1.82, 2.24) is 15.1 Å². The van der Waals surface area contributed by atoms with E-state index in [1.807, 2.05) is 42.5 Å². The van der Waals surface area contributed by atoms with Crippen LogP contribution in [0.25, 0.3) is 11.1 Å². The van der Waals surface area contributed by atoms with Crippen molar-refractivity contribution in [2.45, 2.75) is 43.4 Å². The van der Waals surface area contributed by atoms with Crippen molar-refractivity contribution >= 4 is 11.7 Å². The zero-order valence-electron chi connectivity index (χ0n) is 25.4. The number of aliphatic imine (C=N–C) groups is 1. The van der Waals surface area contributed by atoms with E-state index in [2.05, 4.69) is 29.4 Å². The second kappa shape index (κ2) is 12.2. The van der Waals surface area contributed by atoms with Gasteiger partial charge >= 0.3 is 0 Å². The van der Waals surface area contributed by atoms with Crippen molar-refractivity contribution in [3.05, 3.63) is 113 Å². The van der Waals surface area contributed by atoms with Gasteiger partial charge in [0.2, 0.25) is 0 Å². The Bertz CT molecular complexity index is 1700. The summed E-state index contributed by atoms with van der Waals surface area (Å²) in [4.78, 5) is 23.0. The van der Waals surface area contributed by atoms with E-state index in [-0.39, 0.29) is 31.0 Å². The number of piperidine rings is 1. The number of halogens is 2. The van der Waals surface area contributed by atoms with Gasteiger partial charge in [-0.1, -0.05) is 60.7 Å². The number of amides is 1. The summed E-state index contributed by atoms with van der Waals surface area (Å²) in [6.45, 7) is 2.20. The van der Waals surface area contributed by atoms with Crippen LogP contribution in [0.5, 0.6) is 5.75 Å². The van der Waals surface area contributed by atoms with Crippen LogP contribution in [0.2, 0.25) is 0 Å². The number of ether oxygens (including phenoxy) is 2. The number of nitrogens with one attached hydrogen (secondary N) is 1. The van der Waals surface area contributed by atoms with Gasteiger partial charge in [0.05, 0.1) is 17.6 Å². The molecule has 3 atom stereocenters. The minimum atomic E-state index is -0.850. The third-order valence-corrected chi connectivity index (χ3v) is 9.33. The summed E-state index contributed by atoms with van der Waals surface area (Å²) in [6, 6.07) is 14.6. The van der Waals surface area contributed by atoms with Crippen LogP contribution in [0.3, 0.4) is 0 Å². The summed E-state index contributed by atoms with van der Waals surface area (Å²) in [6.07, 6.45) is 10.0. The maximum atomic E-state index is 16.4. The van der Waals surface area contributed by atoms with E-state index in [0.29, 0.717) is 34.2 Å². The SMILES string of the molecule is COCOc1ccc(F)cc1C(C1=NC2C=CC=CC2N1)N1Cc2ccc(-c3ccc(C4CCN(C)CC4)cc3)c(F)c2C1=O. The maximum absolute atomic E-state index is 16.4. The summed E-state index contributed by atoms with van der Waals surface area (Å²) in [5.41, 5.74) is 3.36. The first-order valence-electron chi connectivity index (χ1n) is 15.4. The van der Waals surface area contributed by atoms with Crippen LogP contribution in [0.4, 0.5) is 8.78 Å². The summed E-state index contributed by atoms with van der Waals surface area (Å²) < 4.78 is 42.1. The normalized spacial score (nSPS) is 21.8. The predicted molar refractivity (Wildman–Crippen MR) is 169 cm³/mol. The molecule has 0 aromatic heterocycles. The van der Waals surface area contributed by atoms with E-state index in [0.717, 1.165) is 31.5 Å². The van der Waals surface area contributed by atoms with Crippen molar-refractivity contribution < 1.29 is 23.0 Å². The van der Waals surface area contributed by atoms with Crippen molar-refractivity contribution in [3.63, 3.8) is 0 Å². The number of allylic oxidation sites excluding steroid dienone is 2. The van der Waals surface area contributed by atoms with Gasteiger partial charge in [-0.3, -0.25) is 9.79 Å². The van der Waals surface area contributed by atoms with Gasteiger partial charge < -0.3 is 24.6 Å². The summed E-state index contributed by atoms with van der Waals surface area (Å²) in [5.74, 6) is -0.193. The van der Waals surface area contributed by atoms with Gasteiger partial charge in [0, 0.05) is 24.8 Å². The number of nitrogens with zero attached hydrogens (tertiary/aromatic N) is 3. The van der Waals surface area contributed by atoms with Crippen molar-refractivity contribution in [2.75, 3.05) is 34.0 Å². The average molecular weight is 611 g/mol. The van der Waals surface area contributed by atoms with Crippen LogP contribution in [0, 0.1) is 11.6 Å². The highest BCUT2D eigenvalue weighted by Crippen LogP contribution is 2.41. The number of methoxy groups -OCH3 is 1. The van der Waals surface area contributed by atoms with Crippen LogP contribution in [0.15, 0.2) is 83.9 Å². The Morgan fingerprint density at radius 3 is 2.56 bits per heavy atom. The average Bonchev–Trinajstić information content (AvgIpc) is 3.63. The van der Waals surface area contributed by atoms with E-state index in [1.165, 1.54) is 30.9 Å². The Labute approximate surface area is 261 Å². The third-order valence-electron chi connectivity index (χ3n) is 9.33. The van der Waals surface area contributed by atoms with E-state index >= 15 is 4.39 Å². The topological polar surface area (TPSA) is 66.4 Å². The standard InChI is InChI=1S/C36H36F2N4O3/c1-41-17-15-23(16-18-41)22-7-9-24(10-8-22)27-13-11-25-20-42(36(43)32(25)33(27)38)34(35-39-29-5-3-4-6-30(29)40-35)28-19-26(37)12-14-31(28)45-21-44-2/h3-14,19,23,29-30,34H,15-18,20-21H2,1-2H3,(H,39,40). The number of hydrogen-bond acceptors (Lipinski definition) is 6. The molecular formula is C36H36F2N4O3. The van der Waals surface area contributed by atoms with Crippen LogP contribution in [-0.2, 0) is 11.3 Å². The Balaban J connectivity index is 1.23. The van der Waals surface area contributed by atoms with Gasteiger partial charge in [-0.05, 0) is 73.8 Å². The molecule has 0 bridgehead atoms. The second-order valence-electron chi connectivity index (χ2n) is 12.2.